The lowest BCUT2D eigenvalue weighted by Crippen LogP contribution is -2.50. The summed E-state index contributed by atoms with van der Waals surface area (Å²) in [5.74, 6) is 1.54. The maximum atomic E-state index is 12.2. The van der Waals surface area contributed by atoms with Gasteiger partial charge in [0.15, 0.2) is 0 Å². The molecule has 6 nitrogen and oxygen atoms in total. The summed E-state index contributed by atoms with van der Waals surface area (Å²) in [5.41, 5.74) is -0.424. The van der Waals surface area contributed by atoms with E-state index in [-0.39, 0.29) is 12.2 Å². The Hall–Kier alpha value is -1.31. The van der Waals surface area contributed by atoms with Gasteiger partial charge >= 0.3 is 6.09 Å². The number of unbranched alkanes of at least 4 members (excludes halogenated alkanes) is 2. The van der Waals surface area contributed by atoms with Gasteiger partial charge in [0.2, 0.25) is 0 Å². The molecule has 0 radical (unpaired) electrons. The summed E-state index contributed by atoms with van der Waals surface area (Å²) >= 11 is 3.63. The molecule has 0 spiro atoms. The van der Waals surface area contributed by atoms with Crippen LogP contribution in [0.25, 0.3) is 0 Å². The molecule has 2 aliphatic rings. The maximum Gasteiger partial charge on any atom is 0.410 e. The molecule has 192 valence electrons. The van der Waals surface area contributed by atoms with E-state index >= 15 is 0 Å². The second-order valence-electron chi connectivity index (χ2n) is 11.4. The van der Waals surface area contributed by atoms with Gasteiger partial charge in [-0.15, -0.1) is 0 Å². The number of hydrogen-bond donors (Lipinski definition) is 1. The monoisotopic (exact) mass is 538 g/mol. The number of carbonyl (C=O) groups is 1. The largest absolute Gasteiger partial charge is 0.489 e. The number of benzene rings is 1. The first-order valence-corrected chi connectivity index (χ1v) is 13.6. The Bertz CT molecular complexity index is 806. The van der Waals surface area contributed by atoms with E-state index in [0.717, 1.165) is 54.9 Å². The topological polar surface area (TPSA) is 62.2 Å². The van der Waals surface area contributed by atoms with Crippen LogP contribution in [0, 0.1) is 5.92 Å². The minimum absolute atomic E-state index is 0.195. The lowest BCUT2D eigenvalue weighted by molar-refractivity contribution is 0.0144. The third kappa shape index (κ3) is 8.72. The van der Waals surface area contributed by atoms with Gasteiger partial charge in [0.25, 0.3) is 0 Å². The van der Waals surface area contributed by atoms with E-state index in [0.29, 0.717) is 5.92 Å². The second-order valence-corrected chi connectivity index (χ2v) is 12.2. The van der Waals surface area contributed by atoms with Crippen LogP contribution in [-0.4, -0.2) is 65.4 Å². The molecule has 1 atom stereocenters. The van der Waals surface area contributed by atoms with Gasteiger partial charge in [0.05, 0.1) is 10.1 Å². The summed E-state index contributed by atoms with van der Waals surface area (Å²) in [6.07, 6.45) is 7.19. The van der Waals surface area contributed by atoms with Crippen LogP contribution < -0.4 is 4.74 Å². The van der Waals surface area contributed by atoms with Crippen molar-refractivity contribution in [2.75, 3.05) is 32.7 Å². The molecule has 2 fully saturated rings. The van der Waals surface area contributed by atoms with Crippen LogP contribution >= 0.6 is 15.9 Å². The van der Waals surface area contributed by atoms with E-state index in [1.54, 1.807) is 13.8 Å². The Kier molecular flexibility index (Phi) is 9.32. The van der Waals surface area contributed by atoms with Crippen LogP contribution in [-0.2, 0) is 10.3 Å². The average Bonchev–Trinajstić information content (AvgIpc) is 3.57. The summed E-state index contributed by atoms with van der Waals surface area (Å²) in [6, 6.07) is 5.89. The van der Waals surface area contributed by atoms with Gasteiger partial charge in [0, 0.05) is 26.2 Å². The number of hydrogen-bond acceptors (Lipinski definition) is 5. The van der Waals surface area contributed by atoms with Crippen molar-refractivity contribution < 1.29 is 19.4 Å². The average molecular weight is 540 g/mol. The van der Waals surface area contributed by atoms with Gasteiger partial charge in [-0.05, 0) is 113 Å². The zero-order valence-corrected chi connectivity index (χ0v) is 23.2. The van der Waals surface area contributed by atoms with Crippen LogP contribution in [0.4, 0.5) is 4.79 Å². The normalized spacial score (nSPS) is 18.6. The second kappa shape index (κ2) is 11.6. The molecule has 34 heavy (non-hydrogen) atoms. The third-order valence-electron chi connectivity index (χ3n) is 6.55. The molecule has 1 aromatic carbocycles. The Labute approximate surface area is 214 Å². The molecule has 1 aliphatic carbocycles. The minimum atomic E-state index is -0.862. The predicted molar refractivity (Wildman–Crippen MR) is 139 cm³/mol. The van der Waals surface area contributed by atoms with Crippen LogP contribution in [0.5, 0.6) is 5.75 Å². The highest BCUT2D eigenvalue weighted by atomic mass is 79.9. The first kappa shape index (κ1) is 27.3. The highest BCUT2D eigenvalue weighted by Crippen LogP contribution is 2.39. The van der Waals surface area contributed by atoms with Crippen molar-refractivity contribution in [2.24, 2.45) is 5.92 Å². The SMILES string of the molecule is CC(C)(C)OC(=O)N1CCN(CCCCCC(Oc2ccc(C(C)(C)O)cc2Br)C2CC2)CC1. The summed E-state index contributed by atoms with van der Waals surface area (Å²) in [4.78, 5) is 16.5. The molecule has 1 unspecified atom stereocenters. The summed E-state index contributed by atoms with van der Waals surface area (Å²) in [6.45, 7) is 13.7. The number of ether oxygens (including phenoxy) is 2. The molecule has 3 rings (SSSR count). The molecule has 0 aromatic heterocycles. The van der Waals surface area contributed by atoms with Crippen molar-refractivity contribution >= 4 is 22.0 Å². The highest BCUT2D eigenvalue weighted by Gasteiger charge is 2.33. The molecule has 1 N–H and O–H groups in total. The fourth-order valence-corrected chi connectivity index (χ4v) is 4.81. The van der Waals surface area contributed by atoms with E-state index in [1.165, 1.54) is 32.1 Å². The van der Waals surface area contributed by atoms with E-state index in [9.17, 15) is 9.90 Å². The van der Waals surface area contributed by atoms with E-state index in [2.05, 4.69) is 20.8 Å². The van der Waals surface area contributed by atoms with Crippen molar-refractivity contribution in [3.05, 3.63) is 28.2 Å². The van der Waals surface area contributed by atoms with Gasteiger partial charge in [-0.1, -0.05) is 12.5 Å². The van der Waals surface area contributed by atoms with Gasteiger partial charge in [-0.25, -0.2) is 4.79 Å². The standard InChI is InChI=1S/C27H43BrN2O4/c1-26(2,3)34-25(31)30-17-15-29(16-18-30)14-8-6-7-9-23(20-10-11-20)33-24-13-12-21(19-22(24)28)27(4,5)32/h12-13,19-20,23,32H,6-11,14-18H2,1-5H3. The number of amides is 1. The third-order valence-corrected chi connectivity index (χ3v) is 7.17. The molecule has 0 bridgehead atoms. The molecule has 1 amide bonds. The van der Waals surface area contributed by atoms with Crippen molar-refractivity contribution in [1.29, 1.82) is 0 Å². The first-order chi connectivity index (χ1) is 15.9. The zero-order valence-electron chi connectivity index (χ0n) is 21.6. The van der Waals surface area contributed by atoms with Gasteiger partial charge < -0.3 is 19.5 Å². The maximum absolute atomic E-state index is 12.2. The molecule has 7 heteroatoms. The van der Waals surface area contributed by atoms with Crippen molar-refractivity contribution in [3.63, 3.8) is 0 Å². The summed E-state index contributed by atoms with van der Waals surface area (Å²) in [7, 11) is 0. The molecule has 1 aromatic rings. The van der Waals surface area contributed by atoms with Crippen LogP contribution in [0.2, 0.25) is 0 Å². The highest BCUT2D eigenvalue weighted by molar-refractivity contribution is 9.10. The van der Waals surface area contributed by atoms with E-state index in [1.807, 2.05) is 43.9 Å². The molecule has 1 heterocycles. The number of carbonyl (C=O) groups excluding carboxylic acids is 1. The van der Waals surface area contributed by atoms with Gasteiger partial charge in [-0.3, -0.25) is 4.90 Å². The van der Waals surface area contributed by atoms with E-state index in [4.69, 9.17) is 9.47 Å². The first-order valence-electron chi connectivity index (χ1n) is 12.8. The minimum Gasteiger partial charge on any atom is -0.489 e. The summed E-state index contributed by atoms with van der Waals surface area (Å²) < 4.78 is 12.8. The fourth-order valence-electron chi connectivity index (χ4n) is 4.34. The summed E-state index contributed by atoms with van der Waals surface area (Å²) in [5, 5.41) is 10.2. The Balaban J connectivity index is 1.35. The number of piperazine rings is 1. The Morgan fingerprint density at radius 1 is 1.09 bits per heavy atom. The molecule has 1 saturated heterocycles. The fraction of sp³-hybridized carbons (Fsp3) is 0.741. The van der Waals surface area contributed by atoms with Gasteiger partial charge in [0.1, 0.15) is 17.5 Å². The molecular formula is C27H43BrN2O4. The van der Waals surface area contributed by atoms with Gasteiger partial charge in [-0.2, -0.15) is 0 Å². The Morgan fingerprint density at radius 3 is 2.32 bits per heavy atom. The zero-order chi connectivity index (χ0) is 24.9. The molecular weight excluding hydrogens is 496 g/mol. The van der Waals surface area contributed by atoms with Crippen molar-refractivity contribution in [3.8, 4) is 5.75 Å². The number of aliphatic hydroxyl groups is 1. The van der Waals surface area contributed by atoms with E-state index < -0.39 is 11.2 Å². The molecule has 1 saturated carbocycles. The lowest BCUT2D eigenvalue weighted by Gasteiger charge is -2.35. The number of rotatable bonds is 10. The van der Waals surface area contributed by atoms with Crippen LogP contribution in [0.1, 0.15) is 78.7 Å². The smallest absolute Gasteiger partial charge is 0.410 e. The molecule has 1 aliphatic heterocycles. The van der Waals surface area contributed by atoms with Crippen LogP contribution in [0.3, 0.4) is 0 Å². The number of halogens is 1. The lowest BCUT2D eigenvalue weighted by atomic mass is 9.98. The van der Waals surface area contributed by atoms with Crippen LogP contribution in [0.15, 0.2) is 22.7 Å². The Morgan fingerprint density at radius 2 is 1.76 bits per heavy atom. The predicted octanol–water partition coefficient (Wildman–Crippen LogP) is 5.95. The van der Waals surface area contributed by atoms with Crippen molar-refractivity contribution in [2.45, 2.75) is 90.4 Å². The quantitative estimate of drug-likeness (QED) is 0.373. The van der Waals surface area contributed by atoms with Crippen molar-refractivity contribution in [1.82, 2.24) is 9.80 Å². The number of nitrogens with zero attached hydrogens (tertiary/aromatic N) is 2.